The lowest BCUT2D eigenvalue weighted by molar-refractivity contribution is -0.126. The molecule has 1 aliphatic heterocycles. The van der Waals surface area contributed by atoms with Crippen molar-refractivity contribution in [1.29, 1.82) is 0 Å². The van der Waals surface area contributed by atoms with E-state index in [0.29, 0.717) is 11.7 Å². The zero-order valence-corrected chi connectivity index (χ0v) is 12.6. The lowest BCUT2D eigenvalue weighted by atomic mass is 10.2. The van der Waals surface area contributed by atoms with Crippen molar-refractivity contribution < 1.29 is 4.79 Å². The lowest BCUT2D eigenvalue weighted by Gasteiger charge is -2.22. The van der Waals surface area contributed by atoms with Crippen molar-refractivity contribution in [3.8, 4) is 0 Å². The fourth-order valence-electron chi connectivity index (χ4n) is 2.56. The summed E-state index contributed by atoms with van der Waals surface area (Å²) in [5, 5.41) is 0.572. The second kappa shape index (κ2) is 5.66. The molecule has 3 rings (SSSR count). The molecule has 2 aromatic rings. The van der Waals surface area contributed by atoms with Crippen LogP contribution in [0.15, 0.2) is 60.7 Å². The Morgan fingerprint density at radius 1 is 1.00 bits per heavy atom. The molecular formula is C17H16N2OS. The average Bonchev–Trinajstić information content (AvgIpc) is 2.73. The van der Waals surface area contributed by atoms with Gasteiger partial charge in [-0.1, -0.05) is 48.5 Å². The summed E-state index contributed by atoms with van der Waals surface area (Å²) < 4.78 is 0. The first-order valence-corrected chi connectivity index (χ1v) is 7.33. The molecule has 0 bridgehead atoms. The Hall–Kier alpha value is -2.20. The predicted molar refractivity (Wildman–Crippen MR) is 88.0 cm³/mol. The van der Waals surface area contributed by atoms with Crippen LogP contribution in [0.2, 0.25) is 0 Å². The summed E-state index contributed by atoms with van der Waals surface area (Å²) in [5.74, 6) is 0.0488. The van der Waals surface area contributed by atoms with Gasteiger partial charge in [0.15, 0.2) is 5.11 Å². The number of thiocarbonyl (C=S) groups is 1. The quantitative estimate of drug-likeness (QED) is 0.813. The molecule has 2 aromatic carbocycles. The summed E-state index contributed by atoms with van der Waals surface area (Å²) in [7, 11) is 0. The minimum atomic E-state index is -0.261. The summed E-state index contributed by atoms with van der Waals surface area (Å²) in [5.41, 5.74) is 2.04. The zero-order chi connectivity index (χ0) is 14.8. The van der Waals surface area contributed by atoms with Crippen molar-refractivity contribution in [3.05, 3.63) is 66.2 Å². The molecule has 0 N–H and O–H groups in total. The largest absolute Gasteiger partial charge is 0.306 e. The van der Waals surface area contributed by atoms with Crippen molar-refractivity contribution in [2.24, 2.45) is 0 Å². The van der Waals surface area contributed by atoms with Gasteiger partial charge in [0.05, 0.1) is 6.54 Å². The molecule has 4 heteroatoms. The summed E-state index contributed by atoms with van der Waals surface area (Å²) in [6.45, 7) is 2.42. The number of nitrogens with zero attached hydrogens (tertiary/aromatic N) is 2. The molecule has 21 heavy (non-hydrogen) atoms. The Kier molecular flexibility index (Phi) is 3.71. The lowest BCUT2D eigenvalue weighted by Crippen LogP contribution is -2.33. The molecule has 0 aliphatic carbocycles. The van der Waals surface area contributed by atoms with Gasteiger partial charge in [0.2, 0.25) is 0 Å². The second-order valence-electron chi connectivity index (χ2n) is 5.07. The van der Waals surface area contributed by atoms with E-state index >= 15 is 0 Å². The molecule has 1 atom stereocenters. The van der Waals surface area contributed by atoms with E-state index in [1.807, 2.05) is 72.5 Å². The van der Waals surface area contributed by atoms with Crippen LogP contribution < -0.4 is 4.90 Å². The number of rotatable bonds is 3. The minimum absolute atomic E-state index is 0.0488. The van der Waals surface area contributed by atoms with Crippen LogP contribution >= 0.6 is 12.2 Å². The molecule has 1 saturated heterocycles. The molecule has 1 amide bonds. The van der Waals surface area contributed by atoms with Crippen LogP contribution in [0.5, 0.6) is 0 Å². The molecule has 0 radical (unpaired) electrons. The van der Waals surface area contributed by atoms with Gasteiger partial charge in [0.25, 0.3) is 5.91 Å². The SMILES string of the molecule is CC1C(=O)N(Cc2ccccc2)C(=S)N1c1ccccc1. The molecule has 0 spiro atoms. The highest BCUT2D eigenvalue weighted by Crippen LogP contribution is 2.26. The fourth-order valence-corrected chi connectivity index (χ4v) is 2.98. The number of anilines is 1. The molecule has 1 aliphatic rings. The van der Waals surface area contributed by atoms with Gasteiger partial charge in [-0.3, -0.25) is 9.69 Å². The van der Waals surface area contributed by atoms with Gasteiger partial charge in [0.1, 0.15) is 6.04 Å². The Balaban J connectivity index is 1.87. The number of hydrogen-bond acceptors (Lipinski definition) is 2. The second-order valence-corrected chi connectivity index (χ2v) is 5.44. The van der Waals surface area contributed by atoms with Crippen molar-refractivity contribution >= 4 is 28.9 Å². The summed E-state index contributed by atoms with van der Waals surface area (Å²) in [4.78, 5) is 16.1. The number of carbonyl (C=O) groups excluding carboxylic acids is 1. The molecule has 1 fully saturated rings. The van der Waals surface area contributed by atoms with E-state index in [1.54, 1.807) is 4.90 Å². The van der Waals surface area contributed by atoms with Gasteiger partial charge in [0, 0.05) is 5.69 Å². The van der Waals surface area contributed by atoms with E-state index in [2.05, 4.69) is 0 Å². The number of hydrogen-bond donors (Lipinski definition) is 0. The van der Waals surface area contributed by atoms with E-state index in [9.17, 15) is 4.79 Å². The van der Waals surface area contributed by atoms with E-state index in [1.165, 1.54) is 0 Å². The highest BCUT2D eigenvalue weighted by Gasteiger charge is 2.40. The van der Waals surface area contributed by atoms with E-state index < -0.39 is 0 Å². The first-order chi connectivity index (χ1) is 10.2. The molecule has 0 saturated carbocycles. The van der Waals surface area contributed by atoms with E-state index in [4.69, 9.17) is 12.2 Å². The minimum Gasteiger partial charge on any atom is -0.306 e. The first-order valence-electron chi connectivity index (χ1n) is 6.92. The average molecular weight is 296 g/mol. The Morgan fingerprint density at radius 3 is 2.19 bits per heavy atom. The third-order valence-corrected chi connectivity index (χ3v) is 4.08. The molecule has 0 aromatic heterocycles. The van der Waals surface area contributed by atoms with Crippen LogP contribution in [-0.4, -0.2) is 22.0 Å². The fraction of sp³-hybridized carbons (Fsp3) is 0.176. The van der Waals surface area contributed by atoms with Crippen molar-refractivity contribution in [3.63, 3.8) is 0 Å². The number of para-hydroxylation sites is 1. The number of amides is 1. The van der Waals surface area contributed by atoms with Gasteiger partial charge >= 0.3 is 0 Å². The smallest absolute Gasteiger partial charge is 0.251 e. The highest BCUT2D eigenvalue weighted by atomic mass is 32.1. The Morgan fingerprint density at radius 2 is 1.57 bits per heavy atom. The topological polar surface area (TPSA) is 23.6 Å². The third-order valence-electron chi connectivity index (χ3n) is 3.67. The predicted octanol–water partition coefficient (Wildman–Crippen LogP) is 3.21. The van der Waals surface area contributed by atoms with Crippen LogP contribution in [0.3, 0.4) is 0 Å². The summed E-state index contributed by atoms with van der Waals surface area (Å²) in [6.07, 6.45) is 0. The highest BCUT2D eigenvalue weighted by molar-refractivity contribution is 7.80. The molecule has 1 unspecified atom stereocenters. The van der Waals surface area contributed by atoms with Gasteiger partial charge < -0.3 is 4.90 Å². The van der Waals surface area contributed by atoms with Crippen LogP contribution in [0.4, 0.5) is 5.69 Å². The first kappa shape index (κ1) is 13.8. The van der Waals surface area contributed by atoms with Gasteiger partial charge in [-0.2, -0.15) is 0 Å². The molecule has 3 nitrogen and oxygen atoms in total. The maximum atomic E-state index is 12.5. The molecule has 106 valence electrons. The van der Waals surface area contributed by atoms with Crippen LogP contribution in [0.25, 0.3) is 0 Å². The maximum absolute atomic E-state index is 12.5. The van der Waals surface area contributed by atoms with Crippen LogP contribution in [0.1, 0.15) is 12.5 Å². The zero-order valence-electron chi connectivity index (χ0n) is 11.8. The van der Waals surface area contributed by atoms with Crippen LogP contribution in [-0.2, 0) is 11.3 Å². The monoisotopic (exact) mass is 296 g/mol. The summed E-state index contributed by atoms with van der Waals surface area (Å²) >= 11 is 5.53. The number of carbonyl (C=O) groups is 1. The standard InChI is InChI=1S/C17H16N2OS/c1-13-16(20)18(12-14-8-4-2-5-9-14)17(21)19(13)15-10-6-3-7-11-15/h2-11,13H,12H2,1H3. The Labute approximate surface area is 129 Å². The third kappa shape index (κ3) is 2.54. The van der Waals surface area contributed by atoms with Gasteiger partial charge in [-0.25, -0.2) is 0 Å². The van der Waals surface area contributed by atoms with Crippen molar-refractivity contribution in [2.45, 2.75) is 19.5 Å². The summed E-state index contributed by atoms with van der Waals surface area (Å²) in [6, 6.07) is 19.5. The van der Waals surface area contributed by atoms with Crippen LogP contribution in [0, 0.1) is 0 Å². The van der Waals surface area contributed by atoms with E-state index in [0.717, 1.165) is 11.3 Å². The van der Waals surface area contributed by atoms with Crippen molar-refractivity contribution in [2.75, 3.05) is 4.90 Å². The Bertz CT molecular complexity index is 657. The molecular weight excluding hydrogens is 280 g/mol. The normalized spacial score (nSPS) is 18.4. The van der Waals surface area contributed by atoms with Crippen molar-refractivity contribution in [1.82, 2.24) is 4.90 Å². The maximum Gasteiger partial charge on any atom is 0.251 e. The van der Waals surface area contributed by atoms with Gasteiger partial charge in [-0.15, -0.1) is 0 Å². The molecule has 1 heterocycles. The number of benzene rings is 2. The van der Waals surface area contributed by atoms with E-state index in [-0.39, 0.29) is 11.9 Å². The van der Waals surface area contributed by atoms with Gasteiger partial charge in [-0.05, 0) is 36.8 Å².